The molecule has 1 N–H and O–H groups in total. The summed E-state index contributed by atoms with van der Waals surface area (Å²) in [5, 5.41) is 4.51. The Morgan fingerprint density at radius 3 is 2.58 bits per heavy atom. The number of fused-ring (bicyclic) bond motifs is 1. The van der Waals surface area contributed by atoms with E-state index in [1.807, 2.05) is 0 Å². The molecule has 2 aliphatic rings. The molecule has 0 saturated heterocycles. The first-order valence-corrected chi connectivity index (χ1v) is 7.90. The topological polar surface area (TPSA) is 12.0 Å². The quantitative estimate of drug-likeness (QED) is 0.797. The van der Waals surface area contributed by atoms with Gasteiger partial charge in [-0.25, -0.2) is 0 Å². The smallest absolute Gasteiger partial charge is 0.0640 e. The van der Waals surface area contributed by atoms with Crippen LogP contribution in [0, 0.1) is 11.3 Å². The summed E-state index contributed by atoms with van der Waals surface area (Å²) in [5.41, 5.74) is 4.56. The van der Waals surface area contributed by atoms with Crippen LogP contribution in [0.3, 0.4) is 0 Å². The third-order valence-electron chi connectivity index (χ3n) is 4.67. The van der Waals surface area contributed by atoms with Crippen molar-refractivity contribution in [3.63, 3.8) is 0 Å². The second kappa shape index (κ2) is 4.70. The number of hydrogen-bond donors (Lipinski definition) is 1. The van der Waals surface area contributed by atoms with Crippen LogP contribution in [-0.2, 0) is 6.42 Å². The first-order chi connectivity index (χ1) is 8.97. The highest BCUT2D eigenvalue weighted by atomic mass is 35.5. The summed E-state index contributed by atoms with van der Waals surface area (Å²) in [4.78, 5) is 0. The Morgan fingerprint density at radius 1 is 1.21 bits per heavy atom. The van der Waals surface area contributed by atoms with Crippen molar-refractivity contribution in [3.8, 4) is 0 Å². The Balaban J connectivity index is 1.90. The summed E-state index contributed by atoms with van der Waals surface area (Å²) in [6.07, 6.45) is 5.19. The van der Waals surface area contributed by atoms with E-state index in [9.17, 15) is 0 Å². The summed E-state index contributed by atoms with van der Waals surface area (Å²) >= 11 is 6.41. The molecule has 2 aliphatic carbocycles. The van der Waals surface area contributed by atoms with Gasteiger partial charge in [0.25, 0.3) is 0 Å². The Kier molecular flexibility index (Phi) is 3.29. The number of hydrogen-bond acceptors (Lipinski definition) is 1. The first kappa shape index (κ1) is 13.3. The fourth-order valence-corrected chi connectivity index (χ4v) is 3.58. The fourth-order valence-electron chi connectivity index (χ4n) is 3.33. The molecule has 0 spiro atoms. The number of nitrogens with one attached hydrogen (secondary N) is 1. The molecule has 104 valence electrons. The highest BCUT2D eigenvalue weighted by molar-refractivity contribution is 6.33. The van der Waals surface area contributed by atoms with Crippen LogP contribution >= 0.6 is 11.6 Å². The van der Waals surface area contributed by atoms with Crippen LogP contribution in [0.5, 0.6) is 0 Å². The first-order valence-electron chi connectivity index (χ1n) is 7.52. The molecular weight excluding hydrogens is 254 g/mol. The van der Waals surface area contributed by atoms with Crippen molar-refractivity contribution in [2.24, 2.45) is 11.3 Å². The van der Waals surface area contributed by atoms with E-state index >= 15 is 0 Å². The molecule has 19 heavy (non-hydrogen) atoms. The second-order valence-electron chi connectivity index (χ2n) is 7.27. The van der Waals surface area contributed by atoms with E-state index in [4.69, 9.17) is 11.6 Å². The van der Waals surface area contributed by atoms with E-state index < -0.39 is 0 Å². The minimum atomic E-state index is 0.340. The van der Waals surface area contributed by atoms with Crippen molar-refractivity contribution in [1.82, 2.24) is 0 Å². The molecule has 1 saturated carbocycles. The minimum Gasteiger partial charge on any atom is -0.383 e. The Morgan fingerprint density at radius 2 is 1.95 bits per heavy atom. The van der Waals surface area contributed by atoms with Crippen LogP contribution in [0.2, 0.25) is 5.02 Å². The van der Waals surface area contributed by atoms with Gasteiger partial charge < -0.3 is 5.32 Å². The van der Waals surface area contributed by atoms with Crippen molar-refractivity contribution >= 4 is 17.3 Å². The maximum Gasteiger partial charge on any atom is 0.0640 e. The average Bonchev–Trinajstić information content (AvgIpc) is 3.03. The zero-order valence-corrected chi connectivity index (χ0v) is 13.0. The molecule has 1 aromatic rings. The van der Waals surface area contributed by atoms with E-state index in [0.717, 1.165) is 17.5 Å². The average molecular weight is 278 g/mol. The van der Waals surface area contributed by atoms with Gasteiger partial charge >= 0.3 is 0 Å². The molecule has 0 aromatic heterocycles. The lowest BCUT2D eigenvalue weighted by Gasteiger charge is -2.28. The van der Waals surface area contributed by atoms with Crippen molar-refractivity contribution < 1.29 is 0 Å². The lowest BCUT2D eigenvalue weighted by Crippen LogP contribution is -2.16. The van der Waals surface area contributed by atoms with Crippen molar-refractivity contribution in [3.05, 3.63) is 28.3 Å². The van der Waals surface area contributed by atoms with Gasteiger partial charge in [0, 0.05) is 6.54 Å². The van der Waals surface area contributed by atoms with Crippen LogP contribution in [0.1, 0.15) is 57.1 Å². The van der Waals surface area contributed by atoms with Gasteiger partial charge in [-0.05, 0) is 60.1 Å². The Hall–Kier alpha value is -0.690. The van der Waals surface area contributed by atoms with Gasteiger partial charge in [-0.15, -0.1) is 0 Å². The number of anilines is 1. The maximum atomic E-state index is 6.41. The van der Waals surface area contributed by atoms with Crippen LogP contribution < -0.4 is 5.32 Å². The zero-order chi connectivity index (χ0) is 13.6. The molecule has 1 aromatic carbocycles. The van der Waals surface area contributed by atoms with Gasteiger partial charge in [0.1, 0.15) is 0 Å². The highest BCUT2D eigenvalue weighted by Crippen LogP contribution is 2.48. The van der Waals surface area contributed by atoms with Gasteiger partial charge in [0.15, 0.2) is 0 Å². The Bertz CT molecular complexity index is 483. The normalized spacial score (nSPS) is 22.4. The molecule has 0 amide bonds. The van der Waals surface area contributed by atoms with E-state index in [0.29, 0.717) is 11.3 Å². The minimum absolute atomic E-state index is 0.340. The van der Waals surface area contributed by atoms with E-state index in [1.165, 1.54) is 42.5 Å². The van der Waals surface area contributed by atoms with E-state index in [-0.39, 0.29) is 0 Å². The van der Waals surface area contributed by atoms with E-state index in [2.05, 4.69) is 38.2 Å². The largest absolute Gasteiger partial charge is 0.383 e. The molecular formula is C17H24ClN. The molecule has 2 heteroatoms. The molecule has 0 unspecified atom stereocenters. The van der Waals surface area contributed by atoms with Gasteiger partial charge in [0.05, 0.1) is 10.7 Å². The monoisotopic (exact) mass is 277 g/mol. The standard InChI is InChI=1S/C17H24ClN/c1-17(2,3)14-8-6-13-12(14)7-9-15(18)16(13)19-10-11-4-5-11/h7,9,11,14,19H,4-6,8,10H2,1-3H3/t14-/m0/s1. The van der Waals surface area contributed by atoms with Crippen LogP contribution in [0.25, 0.3) is 0 Å². The van der Waals surface area contributed by atoms with Crippen LogP contribution in [-0.4, -0.2) is 6.54 Å². The van der Waals surface area contributed by atoms with Crippen molar-refractivity contribution in [1.29, 1.82) is 0 Å². The number of rotatable bonds is 3. The number of benzene rings is 1. The van der Waals surface area contributed by atoms with Gasteiger partial charge in [-0.1, -0.05) is 38.4 Å². The molecule has 0 bridgehead atoms. The lowest BCUT2D eigenvalue weighted by atomic mass is 9.77. The SMILES string of the molecule is CC(C)(C)[C@H]1CCc2c1ccc(Cl)c2NCC1CC1. The molecule has 1 atom stereocenters. The molecule has 0 radical (unpaired) electrons. The highest BCUT2D eigenvalue weighted by Gasteiger charge is 2.34. The predicted octanol–water partition coefficient (Wildman–Crippen LogP) is 5.24. The summed E-state index contributed by atoms with van der Waals surface area (Å²) < 4.78 is 0. The third-order valence-corrected chi connectivity index (χ3v) is 4.98. The van der Waals surface area contributed by atoms with Gasteiger partial charge in [-0.2, -0.15) is 0 Å². The van der Waals surface area contributed by atoms with Gasteiger partial charge in [-0.3, -0.25) is 0 Å². The second-order valence-corrected chi connectivity index (χ2v) is 7.68. The predicted molar refractivity (Wildman–Crippen MR) is 83.2 cm³/mol. The van der Waals surface area contributed by atoms with E-state index in [1.54, 1.807) is 0 Å². The van der Waals surface area contributed by atoms with Crippen molar-refractivity contribution in [2.75, 3.05) is 11.9 Å². The third kappa shape index (κ3) is 2.63. The van der Waals surface area contributed by atoms with Crippen molar-refractivity contribution in [2.45, 2.75) is 52.4 Å². The summed E-state index contributed by atoms with van der Waals surface area (Å²) in [6.45, 7) is 8.13. The van der Waals surface area contributed by atoms with Crippen LogP contribution in [0.4, 0.5) is 5.69 Å². The fraction of sp³-hybridized carbons (Fsp3) is 0.647. The maximum absolute atomic E-state index is 6.41. The molecule has 0 aliphatic heterocycles. The van der Waals surface area contributed by atoms with Crippen LogP contribution in [0.15, 0.2) is 12.1 Å². The summed E-state index contributed by atoms with van der Waals surface area (Å²) in [5.74, 6) is 1.55. The summed E-state index contributed by atoms with van der Waals surface area (Å²) in [7, 11) is 0. The zero-order valence-electron chi connectivity index (χ0n) is 12.2. The summed E-state index contributed by atoms with van der Waals surface area (Å²) in [6, 6.07) is 4.34. The molecule has 3 rings (SSSR count). The number of halogens is 1. The molecule has 1 nitrogen and oxygen atoms in total. The molecule has 0 heterocycles. The lowest BCUT2D eigenvalue weighted by molar-refractivity contribution is 0.319. The van der Waals surface area contributed by atoms with Gasteiger partial charge in [0.2, 0.25) is 0 Å². The molecule has 1 fully saturated rings. The Labute approximate surface area is 121 Å².